The molecule has 0 aromatic heterocycles. The average molecular weight is 415 g/mol. The van der Waals surface area contributed by atoms with E-state index in [0.29, 0.717) is 30.8 Å². The maximum absolute atomic E-state index is 12.7. The number of benzene rings is 2. The Bertz CT molecular complexity index is 933. The topological polar surface area (TPSA) is 66.5 Å². The lowest BCUT2D eigenvalue weighted by molar-refractivity contribution is -0.121. The smallest absolute Gasteiger partial charge is 0.243 e. The second-order valence-electron chi connectivity index (χ2n) is 7.75. The van der Waals surface area contributed by atoms with Crippen LogP contribution in [0.5, 0.6) is 0 Å². The fourth-order valence-electron chi connectivity index (χ4n) is 3.80. The van der Waals surface area contributed by atoms with E-state index in [2.05, 4.69) is 5.32 Å². The first-order valence-corrected chi connectivity index (χ1v) is 11.8. The van der Waals surface area contributed by atoms with E-state index >= 15 is 0 Å². The number of sulfonamides is 1. The highest BCUT2D eigenvalue weighted by atomic mass is 32.2. The number of carbonyl (C=O) groups is 1. The molecule has 0 spiro atoms. The molecule has 1 aliphatic heterocycles. The van der Waals surface area contributed by atoms with Crippen molar-refractivity contribution in [1.82, 2.24) is 9.62 Å². The van der Waals surface area contributed by atoms with Crippen molar-refractivity contribution in [2.45, 2.75) is 56.9 Å². The second-order valence-corrected chi connectivity index (χ2v) is 9.69. The Labute approximate surface area is 174 Å². The Morgan fingerprint density at radius 1 is 1.03 bits per heavy atom. The SMILES string of the molecule is Cc1ccccc1C(C)NC(=O)CCc1ccc(S(=O)(=O)N2CCCCC2)cc1. The number of nitrogens with one attached hydrogen (secondary N) is 1. The Morgan fingerprint density at radius 2 is 1.69 bits per heavy atom. The molecule has 0 bridgehead atoms. The quantitative estimate of drug-likeness (QED) is 0.745. The minimum absolute atomic E-state index is 0.00855. The van der Waals surface area contributed by atoms with Crippen molar-refractivity contribution in [3.05, 3.63) is 65.2 Å². The van der Waals surface area contributed by atoms with Crippen molar-refractivity contribution < 1.29 is 13.2 Å². The van der Waals surface area contributed by atoms with E-state index in [-0.39, 0.29) is 11.9 Å². The molecule has 1 fully saturated rings. The van der Waals surface area contributed by atoms with E-state index in [0.717, 1.165) is 36.0 Å². The molecule has 1 heterocycles. The van der Waals surface area contributed by atoms with Crippen molar-refractivity contribution in [2.24, 2.45) is 0 Å². The molecular formula is C23H30N2O3S. The zero-order chi connectivity index (χ0) is 20.9. The Hall–Kier alpha value is -2.18. The van der Waals surface area contributed by atoms with Crippen LogP contribution in [0, 0.1) is 6.92 Å². The van der Waals surface area contributed by atoms with Crippen LogP contribution < -0.4 is 5.32 Å². The maximum Gasteiger partial charge on any atom is 0.243 e. The summed E-state index contributed by atoms with van der Waals surface area (Å²) < 4.78 is 27.0. The van der Waals surface area contributed by atoms with Gasteiger partial charge in [-0.25, -0.2) is 8.42 Å². The van der Waals surface area contributed by atoms with E-state index in [1.54, 1.807) is 16.4 Å². The van der Waals surface area contributed by atoms with Crippen LogP contribution in [0.1, 0.15) is 55.3 Å². The molecule has 2 aromatic rings. The third kappa shape index (κ3) is 5.46. The average Bonchev–Trinajstić information content (AvgIpc) is 2.73. The lowest BCUT2D eigenvalue weighted by Crippen LogP contribution is -2.35. The van der Waals surface area contributed by atoms with E-state index in [1.165, 1.54) is 0 Å². The van der Waals surface area contributed by atoms with Crippen LogP contribution in [0.15, 0.2) is 53.4 Å². The van der Waals surface area contributed by atoms with Gasteiger partial charge in [0.05, 0.1) is 10.9 Å². The van der Waals surface area contributed by atoms with Crippen LogP contribution in [0.4, 0.5) is 0 Å². The highest BCUT2D eigenvalue weighted by molar-refractivity contribution is 7.89. The van der Waals surface area contributed by atoms with Crippen LogP contribution in [-0.4, -0.2) is 31.7 Å². The molecule has 0 radical (unpaired) electrons. The van der Waals surface area contributed by atoms with Gasteiger partial charge < -0.3 is 5.32 Å². The summed E-state index contributed by atoms with van der Waals surface area (Å²) in [7, 11) is -3.41. The lowest BCUT2D eigenvalue weighted by Gasteiger charge is -2.25. The summed E-state index contributed by atoms with van der Waals surface area (Å²) in [6.07, 6.45) is 3.89. The molecule has 1 atom stereocenters. The number of amides is 1. The first-order valence-electron chi connectivity index (χ1n) is 10.3. The zero-order valence-electron chi connectivity index (χ0n) is 17.2. The molecule has 1 N–H and O–H groups in total. The second kappa shape index (κ2) is 9.55. The van der Waals surface area contributed by atoms with E-state index < -0.39 is 10.0 Å². The molecule has 0 aliphatic carbocycles. The number of aryl methyl sites for hydroxylation is 2. The third-order valence-corrected chi connectivity index (χ3v) is 7.46. The molecule has 0 saturated carbocycles. The van der Waals surface area contributed by atoms with Crippen LogP contribution in [0.3, 0.4) is 0 Å². The van der Waals surface area contributed by atoms with Gasteiger partial charge in [-0.05, 0) is 61.9 Å². The van der Waals surface area contributed by atoms with Gasteiger partial charge >= 0.3 is 0 Å². The van der Waals surface area contributed by atoms with E-state index in [1.807, 2.05) is 50.2 Å². The normalized spacial score (nSPS) is 16.3. The summed E-state index contributed by atoms with van der Waals surface area (Å²) in [4.78, 5) is 12.7. The molecule has 29 heavy (non-hydrogen) atoms. The summed E-state index contributed by atoms with van der Waals surface area (Å²) in [5.41, 5.74) is 3.24. The van der Waals surface area contributed by atoms with Crippen LogP contribution in [0.2, 0.25) is 0 Å². The molecule has 1 unspecified atom stereocenters. The number of piperidine rings is 1. The molecule has 1 amide bonds. The monoisotopic (exact) mass is 414 g/mol. The largest absolute Gasteiger partial charge is 0.350 e. The van der Waals surface area contributed by atoms with Crippen LogP contribution in [-0.2, 0) is 21.2 Å². The predicted octanol–water partition coefficient (Wildman–Crippen LogP) is 3.98. The van der Waals surface area contributed by atoms with Gasteiger partial charge in [-0.2, -0.15) is 4.31 Å². The van der Waals surface area contributed by atoms with Crippen molar-refractivity contribution >= 4 is 15.9 Å². The summed E-state index contributed by atoms with van der Waals surface area (Å²) in [5.74, 6) is -0.00855. The fraction of sp³-hybridized carbons (Fsp3) is 0.435. The minimum Gasteiger partial charge on any atom is -0.350 e. The van der Waals surface area contributed by atoms with Crippen molar-refractivity contribution in [1.29, 1.82) is 0 Å². The first-order chi connectivity index (χ1) is 13.9. The molecule has 2 aromatic carbocycles. The summed E-state index contributed by atoms with van der Waals surface area (Å²) in [5, 5.41) is 3.04. The zero-order valence-corrected chi connectivity index (χ0v) is 18.0. The number of rotatable bonds is 7. The summed E-state index contributed by atoms with van der Waals surface area (Å²) in [6.45, 7) is 5.23. The molecule has 1 aliphatic rings. The number of carbonyl (C=O) groups excluding carboxylic acids is 1. The Morgan fingerprint density at radius 3 is 2.34 bits per heavy atom. The highest BCUT2D eigenvalue weighted by Crippen LogP contribution is 2.21. The predicted molar refractivity (Wildman–Crippen MR) is 115 cm³/mol. The fourth-order valence-corrected chi connectivity index (χ4v) is 5.32. The molecule has 3 rings (SSSR count). The molecule has 5 nitrogen and oxygen atoms in total. The van der Waals surface area contributed by atoms with E-state index in [9.17, 15) is 13.2 Å². The summed E-state index contributed by atoms with van der Waals surface area (Å²) >= 11 is 0. The van der Waals surface area contributed by atoms with Gasteiger partial charge in [0.1, 0.15) is 0 Å². The Balaban J connectivity index is 1.54. The standard InChI is InChI=1S/C23H30N2O3S/c1-18-8-4-5-9-22(18)19(2)24-23(26)15-12-20-10-13-21(14-11-20)29(27,28)25-16-6-3-7-17-25/h4-5,8-11,13-14,19H,3,6-7,12,15-17H2,1-2H3,(H,24,26). The van der Waals surface area contributed by atoms with E-state index in [4.69, 9.17) is 0 Å². The van der Waals surface area contributed by atoms with Gasteiger partial charge in [-0.15, -0.1) is 0 Å². The van der Waals surface area contributed by atoms with Gasteiger partial charge in [0, 0.05) is 19.5 Å². The summed E-state index contributed by atoms with van der Waals surface area (Å²) in [6, 6.07) is 14.9. The van der Waals surface area contributed by atoms with Crippen LogP contribution >= 0.6 is 0 Å². The van der Waals surface area contributed by atoms with Crippen molar-refractivity contribution in [3.8, 4) is 0 Å². The van der Waals surface area contributed by atoms with Crippen molar-refractivity contribution in [2.75, 3.05) is 13.1 Å². The maximum atomic E-state index is 12.7. The number of hydrogen-bond donors (Lipinski definition) is 1. The number of hydrogen-bond acceptors (Lipinski definition) is 3. The molecule has 6 heteroatoms. The number of nitrogens with zero attached hydrogens (tertiary/aromatic N) is 1. The lowest BCUT2D eigenvalue weighted by atomic mass is 10.0. The molecule has 156 valence electrons. The van der Waals surface area contributed by atoms with Gasteiger partial charge in [0.2, 0.25) is 15.9 Å². The van der Waals surface area contributed by atoms with Gasteiger partial charge in [-0.3, -0.25) is 4.79 Å². The van der Waals surface area contributed by atoms with Crippen molar-refractivity contribution in [3.63, 3.8) is 0 Å². The van der Waals surface area contributed by atoms with Gasteiger partial charge in [0.25, 0.3) is 0 Å². The van der Waals surface area contributed by atoms with Gasteiger partial charge in [-0.1, -0.05) is 42.8 Å². The minimum atomic E-state index is -3.41. The molecule has 1 saturated heterocycles. The first kappa shape index (κ1) is 21.5. The third-order valence-electron chi connectivity index (χ3n) is 5.55. The molecular weight excluding hydrogens is 384 g/mol. The van der Waals surface area contributed by atoms with Crippen LogP contribution in [0.25, 0.3) is 0 Å². The Kier molecular flexibility index (Phi) is 7.09. The van der Waals surface area contributed by atoms with Gasteiger partial charge in [0.15, 0.2) is 0 Å². The highest BCUT2D eigenvalue weighted by Gasteiger charge is 2.25.